The average molecular weight is 238 g/mol. The second-order valence-corrected chi connectivity index (χ2v) is 3.73. The van der Waals surface area contributed by atoms with Crippen LogP contribution in [0.25, 0.3) is 0 Å². The van der Waals surface area contributed by atoms with Crippen LogP contribution in [0, 0.1) is 0 Å². The van der Waals surface area contributed by atoms with Crippen molar-refractivity contribution in [2.75, 3.05) is 13.7 Å². The Bertz CT molecular complexity index is 349. The van der Waals surface area contributed by atoms with Gasteiger partial charge in [0.05, 0.1) is 13.7 Å². The lowest BCUT2D eigenvalue weighted by Gasteiger charge is -2.06. The quantitative estimate of drug-likeness (QED) is 0.585. The first kappa shape index (κ1) is 13.4. The Morgan fingerprint density at radius 3 is 2.82 bits per heavy atom. The molecule has 94 valence electrons. The summed E-state index contributed by atoms with van der Waals surface area (Å²) in [6.45, 7) is 0.588. The summed E-state index contributed by atoms with van der Waals surface area (Å²) in [5.74, 6) is 0.699. The van der Waals surface area contributed by atoms with Crippen molar-refractivity contribution in [3.05, 3.63) is 24.3 Å². The number of benzene rings is 1. The normalized spacial score (nSPS) is 9.94. The number of hydrogen-bond donors (Lipinski definition) is 1. The van der Waals surface area contributed by atoms with Crippen LogP contribution in [0.1, 0.15) is 25.7 Å². The molecular formula is C13H18O4. The molecule has 0 aliphatic rings. The Balaban J connectivity index is 2.06. The van der Waals surface area contributed by atoms with Crippen LogP contribution in [-0.2, 0) is 9.53 Å². The number of aromatic hydroxyl groups is 1. The molecule has 0 atom stereocenters. The van der Waals surface area contributed by atoms with Crippen molar-refractivity contribution >= 4 is 5.97 Å². The van der Waals surface area contributed by atoms with E-state index < -0.39 is 0 Å². The minimum atomic E-state index is -0.168. The minimum absolute atomic E-state index is 0.168. The molecule has 0 bridgehead atoms. The van der Waals surface area contributed by atoms with Crippen LogP contribution in [0.3, 0.4) is 0 Å². The zero-order valence-electron chi connectivity index (χ0n) is 10.0. The van der Waals surface area contributed by atoms with Gasteiger partial charge in [-0.3, -0.25) is 4.79 Å². The molecular weight excluding hydrogens is 220 g/mol. The summed E-state index contributed by atoms with van der Waals surface area (Å²) in [5, 5.41) is 9.21. The van der Waals surface area contributed by atoms with Crippen LogP contribution in [-0.4, -0.2) is 24.8 Å². The fourth-order valence-corrected chi connectivity index (χ4v) is 1.41. The first-order valence-corrected chi connectivity index (χ1v) is 5.71. The van der Waals surface area contributed by atoms with Crippen molar-refractivity contribution in [2.24, 2.45) is 0 Å². The van der Waals surface area contributed by atoms with E-state index in [0.717, 1.165) is 19.3 Å². The van der Waals surface area contributed by atoms with Crippen molar-refractivity contribution in [3.63, 3.8) is 0 Å². The highest BCUT2D eigenvalue weighted by Crippen LogP contribution is 2.17. The molecule has 0 amide bonds. The van der Waals surface area contributed by atoms with Gasteiger partial charge in [0.1, 0.15) is 11.5 Å². The van der Waals surface area contributed by atoms with E-state index in [0.29, 0.717) is 18.8 Å². The van der Waals surface area contributed by atoms with E-state index in [2.05, 4.69) is 4.74 Å². The van der Waals surface area contributed by atoms with Crippen LogP contribution < -0.4 is 4.74 Å². The topological polar surface area (TPSA) is 55.8 Å². The predicted molar refractivity (Wildman–Crippen MR) is 64.1 cm³/mol. The molecule has 0 aliphatic carbocycles. The van der Waals surface area contributed by atoms with Gasteiger partial charge < -0.3 is 14.6 Å². The number of ether oxygens (including phenoxy) is 2. The van der Waals surface area contributed by atoms with Gasteiger partial charge in [0.2, 0.25) is 0 Å². The van der Waals surface area contributed by atoms with Crippen LogP contribution in [0.4, 0.5) is 0 Å². The fraction of sp³-hybridized carbons (Fsp3) is 0.462. The largest absolute Gasteiger partial charge is 0.508 e. The van der Waals surface area contributed by atoms with Gasteiger partial charge in [0.25, 0.3) is 0 Å². The van der Waals surface area contributed by atoms with Gasteiger partial charge >= 0.3 is 5.97 Å². The number of esters is 1. The lowest BCUT2D eigenvalue weighted by Crippen LogP contribution is -2.01. The fourth-order valence-electron chi connectivity index (χ4n) is 1.41. The summed E-state index contributed by atoms with van der Waals surface area (Å²) in [6, 6.07) is 6.72. The molecule has 0 spiro atoms. The summed E-state index contributed by atoms with van der Waals surface area (Å²) in [5.41, 5.74) is 0. The van der Waals surface area contributed by atoms with Gasteiger partial charge in [0.15, 0.2) is 0 Å². The molecule has 1 aromatic carbocycles. The maximum Gasteiger partial charge on any atom is 0.305 e. The van der Waals surface area contributed by atoms with Gasteiger partial charge in [-0.2, -0.15) is 0 Å². The van der Waals surface area contributed by atoms with E-state index in [9.17, 15) is 9.90 Å². The third-order valence-electron chi connectivity index (χ3n) is 2.34. The van der Waals surface area contributed by atoms with Crippen molar-refractivity contribution in [1.82, 2.24) is 0 Å². The highest BCUT2D eigenvalue weighted by molar-refractivity contribution is 5.68. The molecule has 0 aliphatic heterocycles. The second kappa shape index (κ2) is 7.54. The Hall–Kier alpha value is -1.71. The number of hydrogen-bond acceptors (Lipinski definition) is 4. The summed E-state index contributed by atoms with van der Waals surface area (Å²) in [4.78, 5) is 10.8. The summed E-state index contributed by atoms with van der Waals surface area (Å²) in [7, 11) is 1.40. The van der Waals surface area contributed by atoms with Crippen LogP contribution in [0.15, 0.2) is 24.3 Å². The number of unbranched alkanes of at least 4 members (excludes halogenated alkanes) is 2. The van der Waals surface area contributed by atoms with Gasteiger partial charge in [-0.1, -0.05) is 6.07 Å². The SMILES string of the molecule is COC(=O)CCCCCOc1cccc(O)c1. The van der Waals surface area contributed by atoms with Gasteiger partial charge in [-0.05, 0) is 31.4 Å². The Morgan fingerprint density at radius 2 is 2.12 bits per heavy atom. The zero-order chi connectivity index (χ0) is 12.5. The molecule has 0 aromatic heterocycles. The standard InChI is InChI=1S/C13H18O4/c1-16-13(15)8-3-2-4-9-17-12-7-5-6-11(14)10-12/h5-7,10,14H,2-4,8-9H2,1H3. The minimum Gasteiger partial charge on any atom is -0.508 e. The number of carbonyl (C=O) groups is 1. The van der Waals surface area contributed by atoms with E-state index in [1.54, 1.807) is 24.3 Å². The van der Waals surface area contributed by atoms with Gasteiger partial charge in [-0.25, -0.2) is 0 Å². The molecule has 0 fully saturated rings. The lowest BCUT2D eigenvalue weighted by atomic mass is 10.2. The summed E-state index contributed by atoms with van der Waals surface area (Å²) < 4.78 is 9.99. The Kier molecular flexibility index (Phi) is 5.93. The number of phenolic OH excluding ortho intramolecular Hbond substituents is 1. The van der Waals surface area contributed by atoms with Crippen molar-refractivity contribution in [2.45, 2.75) is 25.7 Å². The van der Waals surface area contributed by atoms with Crippen molar-refractivity contribution in [1.29, 1.82) is 0 Å². The average Bonchev–Trinajstić information content (AvgIpc) is 2.33. The second-order valence-electron chi connectivity index (χ2n) is 3.73. The molecule has 0 heterocycles. The Labute approximate surface area is 101 Å². The van der Waals surface area contributed by atoms with Crippen LogP contribution in [0.5, 0.6) is 11.5 Å². The molecule has 4 nitrogen and oxygen atoms in total. The highest BCUT2D eigenvalue weighted by Gasteiger charge is 1.99. The van der Waals surface area contributed by atoms with E-state index >= 15 is 0 Å². The molecule has 0 unspecified atom stereocenters. The number of methoxy groups -OCH3 is 1. The maximum atomic E-state index is 10.8. The smallest absolute Gasteiger partial charge is 0.305 e. The van der Waals surface area contributed by atoms with E-state index in [1.807, 2.05) is 0 Å². The third kappa shape index (κ3) is 5.80. The maximum absolute atomic E-state index is 10.8. The third-order valence-corrected chi connectivity index (χ3v) is 2.34. The molecule has 1 aromatic rings. The number of carbonyl (C=O) groups excluding carboxylic acids is 1. The summed E-state index contributed by atoms with van der Waals surface area (Å²) >= 11 is 0. The van der Waals surface area contributed by atoms with Crippen molar-refractivity contribution in [3.8, 4) is 11.5 Å². The number of phenols is 1. The molecule has 0 saturated carbocycles. The number of rotatable bonds is 7. The van der Waals surface area contributed by atoms with Crippen LogP contribution >= 0.6 is 0 Å². The molecule has 0 saturated heterocycles. The van der Waals surface area contributed by atoms with E-state index in [4.69, 9.17) is 4.74 Å². The van der Waals surface area contributed by atoms with E-state index in [-0.39, 0.29) is 11.7 Å². The van der Waals surface area contributed by atoms with Gasteiger partial charge in [0, 0.05) is 12.5 Å². The van der Waals surface area contributed by atoms with Crippen molar-refractivity contribution < 1.29 is 19.4 Å². The molecule has 1 rings (SSSR count). The molecule has 1 N–H and O–H groups in total. The molecule has 17 heavy (non-hydrogen) atoms. The highest BCUT2D eigenvalue weighted by atomic mass is 16.5. The first-order valence-electron chi connectivity index (χ1n) is 5.71. The van der Waals surface area contributed by atoms with E-state index in [1.165, 1.54) is 7.11 Å². The monoisotopic (exact) mass is 238 g/mol. The van der Waals surface area contributed by atoms with Gasteiger partial charge in [-0.15, -0.1) is 0 Å². The van der Waals surface area contributed by atoms with Crippen LogP contribution in [0.2, 0.25) is 0 Å². The Morgan fingerprint density at radius 1 is 1.29 bits per heavy atom. The molecule has 0 radical (unpaired) electrons. The zero-order valence-corrected chi connectivity index (χ0v) is 10.0. The lowest BCUT2D eigenvalue weighted by molar-refractivity contribution is -0.140. The summed E-state index contributed by atoms with van der Waals surface area (Å²) in [6.07, 6.45) is 3.08. The first-order chi connectivity index (χ1) is 8.22. The molecule has 4 heteroatoms. The predicted octanol–water partition coefficient (Wildman–Crippen LogP) is 2.50.